The molecule has 168 valence electrons. The van der Waals surface area contributed by atoms with Crippen molar-refractivity contribution < 1.29 is 9.84 Å². The third kappa shape index (κ3) is 3.42. The summed E-state index contributed by atoms with van der Waals surface area (Å²) in [5, 5.41) is 11.1. The number of pyridine rings is 1. The first-order chi connectivity index (χ1) is 15.6. The second-order valence-electron chi connectivity index (χ2n) is 9.01. The highest BCUT2D eigenvalue weighted by Crippen LogP contribution is 2.41. The van der Waals surface area contributed by atoms with Crippen LogP contribution in [0.4, 0.5) is 0 Å². The molecule has 0 spiro atoms. The van der Waals surface area contributed by atoms with Crippen molar-refractivity contribution in [3.63, 3.8) is 0 Å². The fourth-order valence-corrected chi connectivity index (χ4v) is 5.56. The molecule has 1 atom stereocenters. The molecule has 1 saturated carbocycles. The van der Waals surface area contributed by atoms with Crippen molar-refractivity contribution in [2.45, 2.75) is 77.5 Å². The van der Waals surface area contributed by atoms with Gasteiger partial charge in [0.25, 0.3) is 0 Å². The summed E-state index contributed by atoms with van der Waals surface area (Å²) in [6.45, 7) is 4.60. The van der Waals surface area contributed by atoms with Gasteiger partial charge < -0.3 is 9.84 Å². The summed E-state index contributed by atoms with van der Waals surface area (Å²) in [7, 11) is 0. The molecule has 1 fully saturated rings. The van der Waals surface area contributed by atoms with Crippen molar-refractivity contribution in [1.29, 1.82) is 0 Å². The Kier molecular flexibility index (Phi) is 5.53. The highest BCUT2D eigenvalue weighted by Gasteiger charge is 2.33. The van der Waals surface area contributed by atoms with Crippen molar-refractivity contribution in [3.05, 3.63) is 75.1 Å². The molecule has 1 aromatic carbocycles. The minimum absolute atomic E-state index is 0.0731. The molecule has 0 radical (unpaired) electrons. The Bertz CT molecular complexity index is 1170. The molecule has 2 aliphatic rings. The zero-order valence-corrected chi connectivity index (χ0v) is 18.9. The smallest absolute Gasteiger partial charge is 0.332 e. The maximum atomic E-state index is 13.4. The van der Waals surface area contributed by atoms with E-state index in [4.69, 9.17) is 4.74 Å². The van der Waals surface area contributed by atoms with Gasteiger partial charge in [0.1, 0.15) is 12.4 Å². The third-order valence-electron chi connectivity index (χ3n) is 7.19. The molecule has 2 aromatic heterocycles. The number of aromatic hydroxyl groups is 1. The van der Waals surface area contributed by atoms with Gasteiger partial charge in [-0.3, -0.25) is 14.1 Å². The van der Waals surface area contributed by atoms with Gasteiger partial charge in [-0.25, -0.2) is 4.79 Å². The third-order valence-corrected chi connectivity index (χ3v) is 7.19. The predicted molar refractivity (Wildman–Crippen MR) is 123 cm³/mol. The molecule has 6 nitrogen and oxygen atoms in total. The number of aromatic nitrogens is 3. The van der Waals surface area contributed by atoms with Crippen LogP contribution < -0.4 is 10.4 Å². The highest BCUT2D eigenvalue weighted by molar-refractivity contribution is 5.51. The fourth-order valence-electron chi connectivity index (χ4n) is 5.56. The zero-order valence-electron chi connectivity index (χ0n) is 18.9. The first-order valence-corrected chi connectivity index (χ1v) is 11.8. The molecule has 1 aliphatic carbocycles. The summed E-state index contributed by atoms with van der Waals surface area (Å²) in [4.78, 5) is 17.7. The summed E-state index contributed by atoms with van der Waals surface area (Å²) in [6, 6.07) is 9.89. The molecule has 3 aromatic rings. The van der Waals surface area contributed by atoms with Crippen molar-refractivity contribution in [1.82, 2.24) is 14.1 Å². The van der Waals surface area contributed by atoms with E-state index in [1.54, 1.807) is 15.3 Å². The lowest BCUT2D eigenvalue weighted by atomic mass is 9.88. The SMILES string of the molecule is CCc1c(OCc2ccccn2)ccc2c1Cc1c(O)n(C3CCCCC3)c(=O)n1[C@@H]2C. The monoisotopic (exact) mass is 433 g/mol. The summed E-state index contributed by atoms with van der Waals surface area (Å²) in [6.07, 6.45) is 8.50. The molecule has 0 saturated heterocycles. The van der Waals surface area contributed by atoms with Gasteiger partial charge in [-0.15, -0.1) is 0 Å². The maximum absolute atomic E-state index is 13.4. The number of rotatable bonds is 5. The lowest BCUT2D eigenvalue weighted by molar-refractivity contribution is 0.297. The minimum atomic E-state index is -0.118. The van der Waals surface area contributed by atoms with Gasteiger partial charge in [0.05, 0.1) is 17.4 Å². The van der Waals surface area contributed by atoms with E-state index in [0.717, 1.165) is 60.4 Å². The van der Waals surface area contributed by atoms with Gasteiger partial charge in [0.2, 0.25) is 5.88 Å². The lowest BCUT2D eigenvalue weighted by Gasteiger charge is -2.28. The Morgan fingerprint density at radius 1 is 1.12 bits per heavy atom. The molecule has 5 rings (SSSR count). The highest BCUT2D eigenvalue weighted by atomic mass is 16.5. The van der Waals surface area contributed by atoms with Gasteiger partial charge in [0, 0.05) is 18.7 Å². The van der Waals surface area contributed by atoms with Crippen molar-refractivity contribution in [2.24, 2.45) is 0 Å². The normalized spacial score (nSPS) is 18.2. The topological polar surface area (TPSA) is 69.3 Å². The molecular weight excluding hydrogens is 402 g/mol. The number of benzene rings is 1. The molecule has 0 unspecified atom stereocenters. The van der Waals surface area contributed by atoms with Crippen LogP contribution in [0.25, 0.3) is 0 Å². The average Bonchev–Trinajstić information content (AvgIpc) is 3.08. The van der Waals surface area contributed by atoms with Crippen LogP contribution in [0.3, 0.4) is 0 Å². The van der Waals surface area contributed by atoms with Crippen LogP contribution in [0.2, 0.25) is 0 Å². The first kappa shape index (κ1) is 20.9. The molecule has 1 aliphatic heterocycles. The molecule has 3 heterocycles. The van der Waals surface area contributed by atoms with E-state index in [9.17, 15) is 9.90 Å². The molecule has 0 bridgehead atoms. The Balaban J connectivity index is 1.52. The Morgan fingerprint density at radius 2 is 1.94 bits per heavy atom. The van der Waals surface area contributed by atoms with Crippen LogP contribution in [0.1, 0.15) is 86.1 Å². The molecule has 32 heavy (non-hydrogen) atoms. The number of fused-ring (bicyclic) bond motifs is 2. The van der Waals surface area contributed by atoms with Gasteiger partial charge in [-0.2, -0.15) is 0 Å². The molecule has 1 N–H and O–H groups in total. The van der Waals surface area contributed by atoms with E-state index in [-0.39, 0.29) is 23.7 Å². The summed E-state index contributed by atoms with van der Waals surface area (Å²) >= 11 is 0. The van der Waals surface area contributed by atoms with Gasteiger partial charge in [-0.1, -0.05) is 38.3 Å². The summed E-state index contributed by atoms with van der Waals surface area (Å²) < 4.78 is 9.63. The van der Waals surface area contributed by atoms with E-state index < -0.39 is 0 Å². The van der Waals surface area contributed by atoms with Crippen LogP contribution in [-0.4, -0.2) is 19.2 Å². The zero-order chi connectivity index (χ0) is 22.2. The maximum Gasteiger partial charge on any atom is 0.332 e. The Hall–Kier alpha value is -3.02. The Labute approximate surface area is 188 Å². The van der Waals surface area contributed by atoms with Gasteiger partial charge in [0.15, 0.2) is 0 Å². The average molecular weight is 434 g/mol. The van der Waals surface area contributed by atoms with Crippen molar-refractivity contribution >= 4 is 0 Å². The van der Waals surface area contributed by atoms with E-state index >= 15 is 0 Å². The first-order valence-electron chi connectivity index (χ1n) is 11.8. The van der Waals surface area contributed by atoms with Crippen LogP contribution in [-0.2, 0) is 19.4 Å². The largest absolute Gasteiger partial charge is 0.493 e. The summed E-state index contributed by atoms with van der Waals surface area (Å²) in [5.74, 6) is 1.01. The van der Waals surface area contributed by atoms with Crippen molar-refractivity contribution in [3.8, 4) is 11.6 Å². The van der Waals surface area contributed by atoms with Crippen molar-refractivity contribution in [2.75, 3.05) is 0 Å². The number of ether oxygens (including phenoxy) is 1. The van der Waals surface area contributed by atoms with Crippen LogP contribution in [0.5, 0.6) is 11.6 Å². The molecule has 6 heteroatoms. The number of nitrogens with zero attached hydrogens (tertiary/aromatic N) is 3. The van der Waals surface area contributed by atoms with E-state index in [1.807, 2.05) is 24.3 Å². The quantitative estimate of drug-likeness (QED) is 0.621. The second-order valence-corrected chi connectivity index (χ2v) is 9.01. The molecule has 0 amide bonds. The molecular formula is C26H31N3O3. The Morgan fingerprint density at radius 3 is 2.66 bits per heavy atom. The standard InChI is InChI=1S/C26H31N3O3/c1-3-20-22-15-23-25(30)29(19-10-5-4-6-11-19)26(31)28(23)17(2)21(22)12-13-24(20)32-16-18-9-7-8-14-27-18/h7-9,12-14,17,19,30H,3-6,10-11,15-16H2,1-2H3/t17-/m1/s1. The number of imidazole rings is 1. The van der Waals surface area contributed by atoms with E-state index in [0.29, 0.717) is 13.0 Å². The number of hydrogen-bond acceptors (Lipinski definition) is 4. The lowest BCUT2D eigenvalue weighted by Crippen LogP contribution is -2.32. The second kappa shape index (κ2) is 8.49. The number of hydrogen-bond donors (Lipinski definition) is 1. The van der Waals surface area contributed by atoms with Gasteiger partial charge in [-0.05, 0) is 61.1 Å². The van der Waals surface area contributed by atoms with E-state index in [2.05, 4.69) is 24.9 Å². The van der Waals surface area contributed by atoms with Gasteiger partial charge >= 0.3 is 5.69 Å². The van der Waals surface area contributed by atoms with Crippen LogP contribution in [0, 0.1) is 0 Å². The fraction of sp³-hybridized carbons (Fsp3) is 0.462. The van der Waals surface area contributed by atoms with Crippen LogP contribution >= 0.6 is 0 Å². The summed E-state index contributed by atoms with van der Waals surface area (Å²) in [5.41, 5.74) is 5.01. The van der Waals surface area contributed by atoms with E-state index in [1.165, 1.54) is 12.0 Å². The van der Waals surface area contributed by atoms with Crippen LogP contribution in [0.15, 0.2) is 41.3 Å². The minimum Gasteiger partial charge on any atom is -0.493 e. The predicted octanol–water partition coefficient (Wildman–Crippen LogP) is 4.91.